The average Bonchev–Trinajstić information content (AvgIpc) is 2.66. The highest BCUT2D eigenvalue weighted by Gasteiger charge is 2.27. The molecule has 7 nitrogen and oxygen atoms in total. The maximum atomic E-state index is 12.1. The van der Waals surface area contributed by atoms with Gasteiger partial charge in [0.2, 0.25) is 5.91 Å². The normalized spacial score (nSPS) is 16.8. The first kappa shape index (κ1) is 20.1. The largest absolute Gasteiger partial charge is 0.494 e. The quantitative estimate of drug-likeness (QED) is 0.541. The molecule has 0 bridgehead atoms. The number of esters is 1. The molecule has 1 saturated heterocycles. The van der Waals surface area contributed by atoms with E-state index in [9.17, 15) is 14.4 Å². The molecule has 1 aliphatic heterocycles. The molecule has 2 N–H and O–H groups in total. The Morgan fingerprint density at radius 2 is 2.00 bits per heavy atom. The number of rotatable bonds is 8. The zero-order valence-corrected chi connectivity index (χ0v) is 15.6. The second-order valence-corrected chi connectivity index (χ2v) is 6.98. The number of hydrogen-bond acceptors (Lipinski definition) is 6. The van der Waals surface area contributed by atoms with Gasteiger partial charge in [0.1, 0.15) is 5.75 Å². The summed E-state index contributed by atoms with van der Waals surface area (Å²) in [6.07, 6.45) is 1.42. The molecular formula is C18H24N2O5S. The van der Waals surface area contributed by atoms with Crippen molar-refractivity contribution in [3.05, 3.63) is 24.3 Å². The number of likely N-dealkylation sites (tertiary alicyclic amines) is 1. The van der Waals surface area contributed by atoms with E-state index in [1.807, 2.05) is 31.2 Å². The molecule has 0 aliphatic carbocycles. The van der Waals surface area contributed by atoms with Crippen molar-refractivity contribution in [3.63, 3.8) is 0 Å². The van der Waals surface area contributed by atoms with Gasteiger partial charge in [-0.1, -0.05) is 0 Å². The highest BCUT2D eigenvalue weighted by molar-refractivity contribution is 8.00. The molecule has 0 saturated carbocycles. The van der Waals surface area contributed by atoms with Gasteiger partial charge in [-0.3, -0.25) is 14.4 Å². The van der Waals surface area contributed by atoms with Gasteiger partial charge in [0.15, 0.2) is 6.61 Å². The van der Waals surface area contributed by atoms with Gasteiger partial charge in [-0.05, 0) is 44.0 Å². The molecular weight excluding hydrogens is 356 g/mol. The summed E-state index contributed by atoms with van der Waals surface area (Å²) < 4.78 is 10.4. The zero-order valence-electron chi connectivity index (χ0n) is 14.8. The van der Waals surface area contributed by atoms with Crippen LogP contribution in [0.15, 0.2) is 29.2 Å². The number of amides is 2. The predicted octanol–water partition coefficient (Wildman–Crippen LogP) is 1.44. The van der Waals surface area contributed by atoms with Gasteiger partial charge in [0.25, 0.3) is 5.91 Å². The Hall–Kier alpha value is -2.22. The first-order chi connectivity index (χ1) is 12.5. The van der Waals surface area contributed by atoms with Gasteiger partial charge in [-0.15, -0.1) is 11.8 Å². The number of primary amides is 1. The molecule has 0 aromatic heterocycles. The van der Waals surface area contributed by atoms with Crippen LogP contribution in [0, 0.1) is 5.92 Å². The van der Waals surface area contributed by atoms with E-state index in [2.05, 4.69) is 0 Å². The van der Waals surface area contributed by atoms with Crippen LogP contribution >= 0.6 is 11.8 Å². The summed E-state index contributed by atoms with van der Waals surface area (Å²) >= 11 is 1.33. The lowest BCUT2D eigenvalue weighted by Gasteiger charge is -2.31. The molecule has 1 aromatic carbocycles. The van der Waals surface area contributed by atoms with Gasteiger partial charge >= 0.3 is 5.97 Å². The molecule has 0 spiro atoms. The summed E-state index contributed by atoms with van der Waals surface area (Å²) in [7, 11) is 0. The maximum absolute atomic E-state index is 12.1. The molecule has 1 fully saturated rings. The third-order valence-corrected chi connectivity index (χ3v) is 5.01. The van der Waals surface area contributed by atoms with E-state index >= 15 is 0 Å². The molecule has 1 heterocycles. The standard InChI is InChI=1S/C18H24N2O5S/c1-2-24-14-5-7-15(8-6-14)26-12-17(22)25-11-16(21)20-9-3-4-13(10-20)18(19)23/h5-8,13H,2-4,9-12H2,1H3,(H2,19,23)/t13-/m0/s1. The Labute approximate surface area is 157 Å². The minimum absolute atomic E-state index is 0.116. The predicted molar refractivity (Wildman–Crippen MR) is 97.8 cm³/mol. The van der Waals surface area contributed by atoms with Crippen LogP contribution in [0.5, 0.6) is 5.75 Å². The second kappa shape index (κ2) is 10.1. The van der Waals surface area contributed by atoms with Crippen LogP contribution < -0.4 is 10.5 Å². The molecule has 0 unspecified atom stereocenters. The van der Waals surface area contributed by atoms with Crippen molar-refractivity contribution in [2.24, 2.45) is 11.7 Å². The second-order valence-electron chi connectivity index (χ2n) is 5.94. The number of hydrogen-bond donors (Lipinski definition) is 1. The molecule has 26 heavy (non-hydrogen) atoms. The van der Waals surface area contributed by atoms with Crippen LogP contribution in [0.4, 0.5) is 0 Å². The number of ether oxygens (including phenoxy) is 2. The third-order valence-electron chi connectivity index (χ3n) is 4.02. The van der Waals surface area contributed by atoms with Gasteiger partial charge in [-0.2, -0.15) is 0 Å². The number of nitrogens with two attached hydrogens (primary N) is 1. The van der Waals surface area contributed by atoms with Crippen molar-refractivity contribution in [2.75, 3.05) is 32.1 Å². The third kappa shape index (κ3) is 6.25. The van der Waals surface area contributed by atoms with Gasteiger partial charge < -0.3 is 20.1 Å². The summed E-state index contributed by atoms with van der Waals surface area (Å²) in [5.74, 6) is -0.577. The summed E-state index contributed by atoms with van der Waals surface area (Å²) in [6.45, 7) is 3.06. The molecule has 1 aliphatic rings. The van der Waals surface area contributed by atoms with Crippen LogP contribution in [0.2, 0.25) is 0 Å². The minimum Gasteiger partial charge on any atom is -0.494 e. The van der Waals surface area contributed by atoms with E-state index in [1.54, 1.807) is 0 Å². The molecule has 1 atom stereocenters. The van der Waals surface area contributed by atoms with E-state index in [4.69, 9.17) is 15.2 Å². The van der Waals surface area contributed by atoms with Crippen molar-refractivity contribution in [3.8, 4) is 5.75 Å². The highest BCUT2D eigenvalue weighted by atomic mass is 32.2. The topological polar surface area (TPSA) is 98.9 Å². The Balaban J connectivity index is 1.70. The number of carbonyl (C=O) groups is 3. The van der Waals surface area contributed by atoms with Crippen LogP contribution in [-0.4, -0.2) is 54.7 Å². The highest BCUT2D eigenvalue weighted by Crippen LogP contribution is 2.21. The van der Waals surface area contributed by atoms with Crippen LogP contribution in [0.3, 0.4) is 0 Å². The molecule has 8 heteroatoms. The van der Waals surface area contributed by atoms with Crippen LogP contribution in [-0.2, 0) is 19.1 Å². The van der Waals surface area contributed by atoms with Crippen molar-refractivity contribution in [1.29, 1.82) is 0 Å². The fourth-order valence-electron chi connectivity index (χ4n) is 2.65. The number of thioether (sulfide) groups is 1. The summed E-state index contributed by atoms with van der Waals surface area (Å²) in [5.41, 5.74) is 5.30. The Bertz CT molecular complexity index is 635. The lowest BCUT2D eigenvalue weighted by Crippen LogP contribution is -2.45. The van der Waals surface area contributed by atoms with Gasteiger partial charge in [0, 0.05) is 18.0 Å². The fourth-order valence-corrected chi connectivity index (χ4v) is 3.35. The average molecular weight is 380 g/mol. The maximum Gasteiger partial charge on any atom is 0.316 e. The molecule has 0 radical (unpaired) electrons. The van der Waals surface area contributed by atoms with Gasteiger partial charge in [-0.25, -0.2) is 0 Å². The molecule has 2 rings (SSSR count). The van der Waals surface area contributed by atoms with E-state index < -0.39 is 11.9 Å². The molecule has 1 aromatic rings. The smallest absolute Gasteiger partial charge is 0.316 e. The first-order valence-corrected chi connectivity index (χ1v) is 9.56. The summed E-state index contributed by atoms with van der Waals surface area (Å²) in [5, 5.41) is 0. The van der Waals surface area contributed by atoms with Crippen LogP contribution in [0.1, 0.15) is 19.8 Å². The number of benzene rings is 1. The number of carbonyl (C=O) groups excluding carboxylic acids is 3. The van der Waals surface area contributed by atoms with Crippen molar-refractivity contribution in [1.82, 2.24) is 4.90 Å². The van der Waals surface area contributed by atoms with E-state index in [-0.39, 0.29) is 24.2 Å². The Morgan fingerprint density at radius 1 is 1.27 bits per heavy atom. The zero-order chi connectivity index (χ0) is 18.9. The van der Waals surface area contributed by atoms with Crippen molar-refractivity contribution in [2.45, 2.75) is 24.7 Å². The summed E-state index contributed by atoms with van der Waals surface area (Å²) in [4.78, 5) is 37.7. The SMILES string of the molecule is CCOc1ccc(SCC(=O)OCC(=O)N2CCC[C@H](C(N)=O)C2)cc1. The number of nitrogens with zero attached hydrogens (tertiary/aromatic N) is 1. The monoisotopic (exact) mass is 380 g/mol. The van der Waals surface area contributed by atoms with Crippen molar-refractivity contribution >= 4 is 29.5 Å². The van der Waals surface area contributed by atoms with Crippen LogP contribution in [0.25, 0.3) is 0 Å². The van der Waals surface area contributed by atoms with E-state index in [0.717, 1.165) is 17.1 Å². The lowest BCUT2D eigenvalue weighted by atomic mass is 9.97. The minimum atomic E-state index is -0.458. The lowest BCUT2D eigenvalue weighted by molar-refractivity contribution is -0.151. The fraction of sp³-hybridized carbons (Fsp3) is 0.500. The first-order valence-electron chi connectivity index (χ1n) is 8.58. The molecule has 142 valence electrons. The Morgan fingerprint density at radius 3 is 2.65 bits per heavy atom. The Kier molecular flexibility index (Phi) is 7.77. The van der Waals surface area contributed by atoms with Crippen molar-refractivity contribution < 1.29 is 23.9 Å². The van der Waals surface area contributed by atoms with E-state index in [1.165, 1.54) is 16.7 Å². The summed E-state index contributed by atoms with van der Waals surface area (Å²) in [6, 6.07) is 7.41. The van der Waals surface area contributed by atoms with E-state index in [0.29, 0.717) is 26.1 Å². The van der Waals surface area contributed by atoms with Gasteiger partial charge in [0.05, 0.1) is 18.3 Å². The number of piperidine rings is 1. The molecule has 2 amide bonds.